The van der Waals surface area contributed by atoms with Crippen LogP contribution in [0.2, 0.25) is 0 Å². The van der Waals surface area contributed by atoms with Gasteiger partial charge in [-0.15, -0.1) is 0 Å². The second-order valence-electron chi connectivity index (χ2n) is 8.12. The lowest BCUT2D eigenvalue weighted by Crippen LogP contribution is -2.36. The van der Waals surface area contributed by atoms with Crippen LogP contribution in [0.5, 0.6) is 0 Å². The summed E-state index contributed by atoms with van der Waals surface area (Å²) >= 11 is 0. The number of anilines is 2. The molecule has 0 atom stereocenters. The van der Waals surface area contributed by atoms with E-state index in [2.05, 4.69) is 21.3 Å². The highest BCUT2D eigenvalue weighted by Crippen LogP contribution is 2.18. The van der Waals surface area contributed by atoms with Crippen LogP contribution >= 0.6 is 0 Å². The third kappa shape index (κ3) is 7.91. The molecule has 33 heavy (non-hydrogen) atoms. The monoisotopic (exact) mass is 452 g/mol. The lowest BCUT2D eigenvalue weighted by atomic mass is 9.95. The molecule has 8 nitrogen and oxygen atoms in total. The predicted octanol–water partition coefficient (Wildman–Crippen LogP) is 3.18. The molecule has 0 unspecified atom stereocenters. The Morgan fingerprint density at radius 2 is 1.58 bits per heavy atom. The third-order valence-electron chi connectivity index (χ3n) is 5.52. The summed E-state index contributed by atoms with van der Waals surface area (Å²) < 4.78 is 4.93. The number of amides is 3. The van der Waals surface area contributed by atoms with E-state index in [1.807, 2.05) is 0 Å². The molecule has 4 N–H and O–H groups in total. The summed E-state index contributed by atoms with van der Waals surface area (Å²) in [5.74, 6) is -0.574. The van der Waals surface area contributed by atoms with Crippen LogP contribution in [0, 0.1) is 0 Å². The molecule has 0 aliphatic heterocycles. The maximum Gasteiger partial charge on any atom is 0.251 e. The summed E-state index contributed by atoms with van der Waals surface area (Å²) in [5, 5.41) is 11.7. The number of nitrogens with one attached hydrogen (secondary N) is 4. The third-order valence-corrected chi connectivity index (χ3v) is 5.52. The number of ether oxygens (including phenoxy) is 1. The summed E-state index contributed by atoms with van der Waals surface area (Å²) in [5.41, 5.74) is 2.24. The van der Waals surface area contributed by atoms with Gasteiger partial charge in [-0.25, -0.2) is 0 Å². The Morgan fingerprint density at radius 1 is 0.909 bits per heavy atom. The van der Waals surface area contributed by atoms with Crippen LogP contribution in [-0.4, -0.2) is 50.6 Å². The number of rotatable bonds is 10. The van der Waals surface area contributed by atoms with E-state index < -0.39 is 0 Å². The maximum absolute atomic E-state index is 12.6. The zero-order valence-corrected chi connectivity index (χ0v) is 19.0. The number of methoxy groups -OCH3 is 1. The van der Waals surface area contributed by atoms with E-state index in [0.717, 1.165) is 25.7 Å². The molecule has 3 rings (SSSR count). The van der Waals surface area contributed by atoms with Crippen LogP contribution in [0.15, 0.2) is 48.5 Å². The van der Waals surface area contributed by atoms with Crippen molar-refractivity contribution < 1.29 is 19.1 Å². The van der Waals surface area contributed by atoms with Crippen LogP contribution in [0.25, 0.3) is 0 Å². The fourth-order valence-electron chi connectivity index (χ4n) is 3.78. The van der Waals surface area contributed by atoms with Crippen LogP contribution in [0.3, 0.4) is 0 Å². The Morgan fingerprint density at radius 3 is 2.30 bits per heavy atom. The SMILES string of the molecule is COCCNC(=O)c1cccc(NCC(=O)Nc2cccc(C(=O)NC3CCCCC3)c2)c1. The summed E-state index contributed by atoms with van der Waals surface area (Å²) in [7, 11) is 1.57. The largest absolute Gasteiger partial charge is 0.383 e. The van der Waals surface area contributed by atoms with Crippen molar-refractivity contribution in [2.75, 3.05) is 37.4 Å². The van der Waals surface area contributed by atoms with E-state index in [-0.39, 0.29) is 30.3 Å². The van der Waals surface area contributed by atoms with Gasteiger partial charge in [-0.3, -0.25) is 14.4 Å². The van der Waals surface area contributed by atoms with Crippen LogP contribution in [0.4, 0.5) is 11.4 Å². The molecule has 0 saturated heterocycles. The molecular formula is C25H32N4O4. The van der Waals surface area contributed by atoms with Crippen molar-refractivity contribution in [2.24, 2.45) is 0 Å². The Hall–Kier alpha value is -3.39. The van der Waals surface area contributed by atoms with Gasteiger partial charge in [0, 0.05) is 42.2 Å². The maximum atomic E-state index is 12.6. The van der Waals surface area contributed by atoms with E-state index in [0.29, 0.717) is 35.7 Å². The molecule has 3 amide bonds. The van der Waals surface area contributed by atoms with Crippen LogP contribution < -0.4 is 21.3 Å². The smallest absolute Gasteiger partial charge is 0.251 e. The van der Waals surface area contributed by atoms with Crippen molar-refractivity contribution >= 4 is 29.1 Å². The first-order valence-electron chi connectivity index (χ1n) is 11.4. The van der Waals surface area contributed by atoms with Gasteiger partial charge < -0.3 is 26.0 Å². The average molecular weight is 453 g/mol. The minimum absolute atomic E-state index is 0.0211. The zero-order chi connectivity index (χ0) is 23.5. The first-order chi connectivity index (χ1) is 16.0. The topological polar surface area (TPSA) is 109 Å². The van der Waals surface area contributed by atoms with Gasteiger partial charge in [0.15, 0.2) is 0 Å². The molecule has 0 aromatic heterocycles. The van der Waals surface area contributed by atoms with E-state index in [4.69, 9.17) is 4.74 Å². The van der Waals surface area contributed by atoms with Crippen molar-refractivity contribution in [2.45, 2.75) is 38.1 Å². The summed E-state index contributed by atoms with van der Waals surface area (Å²) in [6, 6.07) is 14.1. The van der Waals surface area contributed by atoms with Crippen LogP contribution in [-0.2, 0) is 9.53 Å². The van der Waals surface area contributed by atoms with Gasteiger partial charge in [-0.05, 0) is 49.2 Å². The second kappa shape index (κ2) is 12.6. The van der Waals surface area contributed by atoms with E-state index in [1.165, 1.54) is 6.42 Å². The lowest BCUT2D eigenvalue weighted by molar-refractivity contribution is -0.114. The number of hydrogen-bond acceptors (Lipinski definition) is 5. The van der Waals surface area contributed by atoms with Gasteiger partial charge in [0.2, 0.25) is 5.91 Å². The minimum Gasteiger partial charge on any atom is -0.383 e. The normalized spacial score (nSPS) is 13.7. The lowest BCUT2D eigenvalue weighted by Gasteiger charge is -2.22. The first kappa shape index (κ1) is 24.3. The predicted molar refractivity (Wildman–Crippen MR) is 129 cm³/mol. The van der Waals surface area contributed by atoms with Crippen molar-refractivity contribution in [1.29, 1.82) is 0 Å². The number of carbonyl (C=O) groups excluding carboxylic acids is 3. The van der Waals surface area contributed by atoms with Gasteiger partial charge in [-0.2, -0.15) is 0 Å². The van der Waals surface area contributed by atoms with E-state index in [1.54, 1.807) is 55.6 Å². The second-order valence-corrected chi connectivity index (χ2v) is 8.12. The number of carbonyl (C=O) groups is 3. The van der Waals surface area contributed by atoms with Crippen LogP contribution in [0.1, 0.15) is 52.8 Å². The number of benzene rings is 2. The molecule has 8 heteroatoms. The minimum atomic E-state index is -0.255. The molecule has 2 aromatic carbocycles. The zero-order valence-electron chi connectivity index (χ0n) is 19.0. The molecule has 0 radical (unpaired) electrons. The standard InChI is InChI=1S/C25H32N4O4/c1-33-14-13-26-24(31)18-7-5-11-21(15-18)27-17-23(30)28-22-12-6-8-19(16-22)25(32)29-20-9-3-2-4-10-20/h5-8,11-12,15-16,20,27H,2-4,9-10,13-14,17H2,1H3,(H,26,31)(H,28,30)(H,29,32). The highest BCUT2D eigenvalue weighted by atomic mass is 16.5. The van der Waals surface area contributed by atoms with Crippen molar-refractivity contribution in [3.63, 3.8) is 0 Å². The van der Waals surface area contributed by atoms with Gasteiger partial charge in [0.1, 0.15) is 0 Å². The fourth-order valence-corrected chi connectivity index (χ4v) is 3.78. The molecule has 0 spiro atoms. The van der Waals surface area contributed by atoms with E-state index >= 15 is 0 Å². The molecule has 0 bridgehead atoms. The molecule has 1 saturated carbocycles. The Kier molecular flexibility index (Phi) is 9.26. The molecule has 0 heterocycles. The van der Waals surface area contributed by atoms with Crippen molar-refractivity contribution in [3.05, 3.63) is 59.7 Å². The molecular weight excluding hydrogens is 420 g/mol. The first-order valence-corrected chi connectivity index (χ1v) is 11.4. The van der Waals surface area contributed by atoms with Gasteiger partial charge >= 0.3 is 0 Å². The van der Waals surface area contributed by atoms with Gasteiger partial charge in [-0.1, -0.05) is 31.4 Å². The van der Waals surface area contributed by atoms with Gasteiger partial charge in [0.25, 0.3) is 11.8 Å². The number of hydrogen-bond donors (Lipinski definition) is 4. The van der Waals surface area contributed by atoms with Crippen molar-refractivity contribution in [1.82, 2.24) is 10.6 Å². The summed E-state index contributed by atoms with van der Waals surface area (Å²) in [4.78, 5) is 37.1. The van der Waals surface area contributed by atoms with Crippen molar-refractivity contribution in [3.8, 4) is 0 Å². The molecule has 1 aliphatic rings. The highest BCUT2D eigenvalue weighted by molar-refractivity contribution is 5.98. The molecule has 176 valence electrons. The Labute approximate surface area is 194 Å². The summed E-state index contributed by atoms with van der Waals surface area (Å²) in [6.07, 6.45) is 5.56. The Balaban J connectivity index is 1.50. The van der Waals surface area contributed by atoms with Gasteiger partial charge in [0.05, 0.1) is 13.2 Å². The molecule has 2 aromatic rings. The Bertz CT molecular complexity index is 957. The fraction of sp³-hybridized carbons (Fsp3) is 0.400. The quantitative estimate of drug-likeness (QED) is 0.414. The molecule has 1 fully saturated rings. The van der Waals surface area contributed by atoms with E-state index in [9.17, 15) is 14.4 Å². The molecule has 1 aliphatic carbocycles. The summed E-state index contributed by atoms with van der Waals surface area (Å²) in [6.45, 7) is 0.883. The average Bonchev–Trinajstić information content (AvgIpc) is 2.84. The highest BCUT2D eigenvalue weighted by Gasteiger charge is 2.17.